The van der Waals surface area contributed by atoms with Crippen LogP contribution in [0.1, 0.15) is 28.6 Å². The summed E-state index contributed by atoms with van der Waals surface area (Å²) >= 11 is 5.88. The predicted octanol–water partition coefficient (Wildman–Crippen LogP) is 3.73. The molecule has 0 bridgehead atoms. The van der Waals surface area contributed by atoms with Crippen molar-refractivity contribution in [2.24, 2.45) is 5.73 Å². The highest BCUT2D eigenvalue weighted by molar-refractivity contribution is 6.30. The van der Waals surface area contributed by atoms with Crippen LogP contribution in [0.3, 0.4) is 0 Å². The molecule has 1 heterocycles. The molecule has 1 unspecified atom stereocenters. The van der Waals surface area contributed by atoms with Gasteiger partial charge in [0.15, 0.2) is 0 Å². The van der Waals surface area contributed by atoms with Gasteiger partial charge in [-0.1, -0.05) is 11.6 Å². The molecule has 0 aliphatic rings. The Balaban J connectivity index is 2.25. The maximum absolute atomic E-state index is 13.7. The largest absolute Gasteiger partial charge is 0.324 e. The predicted molar refractivity (Wildman–Crippen MR) is 75.8 cm³/mol. The first-order valence-corrected chi connectivity index (χ1v) is 6.48. The second-order valence-corrected chi connectivity index (χ2v) is 5.17. The lowest BCUT2D eigenvalue weighted by molar-refractivity contribution is 0.593. The van der Waals surface area contributed by atoms with Gasteiger partial charge in [0.1, 0.15) is 5.82 Å². The number of hydrogen-bond acceptors (Lipinski definition) is 2. The molecule has 2 N–H and O–H groups in total. The highest BCUT2D eigenvalue weighted by atomic mass is 35.5. The summed E-state index contributed by atoms with van der Waals surface area (Å²) in [6, 6.07) is 8.12. The van der Waals surface area contributed by atoms with Crippen molar-refractivity contribution in [1.29, 1.82) is 0 Å². The standard InChI is InChI=1S/C15H16ClFN2/c1-9-5-12(6-10(2)19-9)15(18)8-11-7-13(16)3-4-14(11)17/h3-7,15H,8,18H2,1-2H3. The molecule has 100 valence electrons. The van der Waals surface area contributed by atoms with E-state index in [0.717, 1.165) is 17.0 Å². The summed E-state index contributed by atoms with van der Waals surface area (Å²) in [6.45, 7) is 3.84. The molecule has 0 aliphatic carbocycles. The molecule has 0 amide bonds. The molecule has 0 aliphatic heterocycles. The Morgan fingerprint density at radius 2 is 1.84 bits per heavy atom. The SMILES string of the molecule is Cc1cc(C(N)Cc2cc(Cl)ccc2F)cc(C)n1. The zero-order chi connectivity index (χ0) is 14.0. The maximum Gasteiger partial charge on any atom is 0.126 e. The average Bonchev–Trinajstić information content (AvgIpc) is 2.32. The van der Waals surface area contributed by atoms with Gasteiger partial charge in [0, 0.05) is 22.5 Å². The fraction of sp³-hybridized carbons (Fsp3) is 0.267. The summed E-state index contributed by atoms with van der Waals surface area (Å²) in [7, 11) is 0. The Morgan fingerprint density at radius 3 is 2.47 bits per heavy atom. The number of hydrogen-bond donors (Lipinski definition) is 1. The molecule has 1 aromatic carbocycles. The number of halogens is 2. The molecular formula is C15H16ClFN2. The van der Waals surface area contributed by atoms with E-state index in [1.165, 1.54) is 12.1 Å². The average molecular weight is 279 g/mol. The molecule has 1 aromatic heterocycles. The highest BCUT2D eigenvalue weighted by Gasteiger charge is 2.12. The minimum absolute atomic E-state index is 0.270. The van der Waals surface area contributed by atoms with Crippen LogP contribution in [0.5, 0.6) is 0 Å². The zero-order valence-corrected chi connectivity index (χ0v) is 11.7. The number of aryl methyl sites for hydroxylation is 2. The van der Waals surface area contributed by atoms with Crippen LogP contribution in [0.2, 0.25) is 5.02 Å². The van der Waals surface area contributed by atoms with E-state index in [-0.39, 0.29) is 11.9 Å². The molecule has 0 saturated carbocycles. The highest BCUT2D eigenvalue weighted by Crippen LogP contribution is 2.22. The third-order valence-corrected chi connectivity index (χ3v) is 3.21. The molecule has 2 aromatic rings. The molecule has 0 radical (unpaired) electrons. The van der Waals surface area contributed by atoms with E-state index >= 15 is 0 Å². The lowest BCUT2D eigenvalue weighted by atomic mass is 9.99. The molecule has 2 rings (SSSR count). The Kier molecular flexibility index (Phi) is 4.17. The van der Waals surface area contributed by atoms with Crippen molar-refractivity contribution in [2.45, 2.75) is 26.3 Å². The first-order valence-electron chi connectivity index (χ1n) is 6.10. The van der Waals surface area contributed by atoms with Gasteiger partial charge in [0.2, 0.25) is 0 Å². The number of nitrogens with two attached hydrogens (primary N) is 1. The van der Waals surface area contributed by atoms with Crippen LogP contribution in [-0.2, 0) is 6.42 Å². The minimum Gasteiger partial charge on any atom is -0.324 e. The van der Waals surface area contributed by atoms with Crippen molar-refractivity contribution < 1.29 is 4.39 Å². The van der Waals surface area contributed by atoms with E-state index in [1.54, 1.807) is 6.07 Å². The van der Waals surface area contributed by atoms with Crippen molar-refractivity contribution in [1.82, 2.24) is 4.98 Å². The molecule has 2 nitrogen and oxygen atoms in total. The Bertz CT molecular complexity index is 578. The van der Waals surface area contributed by atoms with E-state index in [1.807, 2.05) is 26.0 Å². The number of pyridine rings is 1. The lowest BCUT2D eigenvalue weighted by Gasteiger charge is -2.14. The van der Waals surface area contributed by atoms with Crippen LogP contribution in [0, 0.1) is 19.7 Å². The van der Waals surface area contributed by atoms with Crippen molar-refractivity contribution in [3.05, 3.63) is 63.7 Å². The van der Waals surface area contributed by atoms with Gasteiger partial charge in [-0.25, -0.2) is 4.39 Å². The maximum atomic E-state index is 13.7. The Morgan fingerprint density at radius 1 is 1.21 bits per heavy atom. The van der Waals surface area contributed by atoms with E-state index < -0.39 is 0 Å². The summed E-state index contributed by atoms with van der Waals surface area (Å²) in [5, 5.41) is 0.519. The number of benzene rings is 1. The van der Waals surface area contributed by atoms with Gasteiger partial charge >= 0.3 is 0 Å². The van der Waals surface area contributed by atoms with Gasteiger partial charge in [-0.2, -0.15) is 0 Å². The summed E-state index contributed by atoms with van der Waals surface area (Å²) in [6.07, 6.45) is 0.412. The smallest absolute Gasteiger partial charge is 0.126 e. The van der Waals surface area contributed by atoms with Gasteiger partial charge in [0.25, 0.3) is 0 Å². The van der Waals surface area contributed by atoms with Crippen molar-refractivity contribution >= 4 is 11.6 Å². The van der Waals surface area contributed by atoms with E-state index in [4.69, 9.17) is 17.3 Å². The fourth-order valence-electron chi connectivity index (χ4n) is 2.14. The van der Waals surface area contributed by atoms with Crippen molar-refractivity contribution in [2.75, 3.05) is 0 Å². The third-order valence-electron chi connectivity index (χ3n) is 2.98. The van der Waals surface area contributed by atoms with Crippen LogP contribution >= 0.6 is 11.6 Å². The van der Waals surface area contributed by atoms with Crippen LogP contribution in [0.25, 0.3) is 0 Å². The van der Waals surface area contributed by atoms with Crippen LogP contribution in [0.15, 0.2) is 30.3 Å². The fourth-order valence-corrected chi connectivity index (χ4v) is 2.33. The Labute approximate surface area is 117 Å². The topological polar surface area (TPSA) is 38.9 Å². The molecular weight excluding hydrogens is 263 g/mol. The van der Waals surface area contributed by atoms with Gasteiger partial charge in [-0.05, 0) is 61.7 Å². The molecule has 0 saturated heterocycles. The first-order chi connectivity index (χ1) is 8.95. The quantitative estimate of drug-likeness (QED) is 0.929. The Hall–Kier alpha value is -1.45. The summed E-state index contributed by atoms with van der Waals surface area (Å²) in [5.41, 5.74) is 9.47. The molecule has 4 heteroatoms. The van der Waals surface area contributed by atoms with Crippen LogP contribution in [0.4, 0.5) is 4.39 Å². The first kappa shape index (κ1) is 14.0. The summed E-state index contributed by atoms with van der Waals surface area (Å²) < 4.78 is 13.7. The summed E-state index contributed by atoms with van der Waals surface area (Å²) in [4.78, 5) is 4.30. The van der Waals surface area contributed by atoms with Gasteiger partial charge in [-0.15, -0.1) is 0 Å². The zero-order valence-electron chi connectivity index (χ0n) is 11.0. The molecule has 1 atom stereocenters. The van der Waals surface area contributed by atoms with E-state index in [9.17, 15) is 4.39 Å². The molecule has 0 fully saturated rings. The second-order valence-electron chi connectivity index (χ2n) is 4.73. The number of aromatic nitrogens is 1. The van der Waals surface area contributed by atoms with Gasteiger partial charge < -0.3 is 5.73 Å². The van der Waals surface area contributed by atoms with Crippen molar-refractivity contribution in [3.63, 3.8) is 0 Å². The third kappa shape index (κ3) is 3.52. The van der Waals surface area contributed by atoms with Crippen LogP contribution in [-0.4, -0.2) is 4.98 Å². The van der Waals surface area contributed by atoms with E-state index in [0.29, 0.717) is 17.0 Å². The van der Waals surface area contributed by atoms with Crippen LogP contribution < -0.4 is 5.73 Å². The van der Waals surface area contributed by atoms with Gasteiger partial charge in [-0.3, -0.25) is 4.98 Å². The summed E-state index contributed by atoms with van der Waals surface area (Å²) in [5.74, 6) is -0.276. The number of nitrogens with zero attached hydrogens (tertiary/aromatic N) is 1. The lowest BCUT2D eigenvalue weighted by Crippen LogP contribution is -2.15. The van der Waals surface area contributed by atoms with Gasteiger partial charge in [0.05, 0.1) is 0 Å². The van der Waals surface area contributed by atoms with E-state index in [2.05, 4.69) is 4.98 Å². The molecule has 19 heavy (non-hydrogen) atoms. The van der Waals surface area contributed by atoms with Crippen molar-refractivity contribution in [3.8, 4) is 0 Å². The monoisotopic (exact) mass is 278 g/mol. The molecule has 0 spiro atoms. The normalized spacial score (nSPS) is 12.5. The minimum atomic E-state index is -0.276. The number of rotatable bonds is 3. The second kappa shape index (κ2) is 5.68.